The molecule has 2 saturated carbocycles. The second-order valence-corrected chi connectivity index (χ2v) is 32.1. The molecule has 0 bridgehead atoms. The number of likely N-dealkylation sites (tertiary alicyclic amines) is 1. The van der Waals surface area contributed by atoms with Crippen LogP contribution in [0.5, 0.6) is 0 Å². The fraction of sp³-hybridized carbons (Fsp3) is 0.842. The Kier molecular flexibility index (Phi) is 36.8. The topological polar surface area (TPSA) is 329 Å². The Morgan fingerprint density at radius 3 is 1.46 bits per heavy atom. The van der Waals surface area contributed by atoms with Crippen LogP contribution in [0.2, 0.25) is 0 Å². The first kappa shape index (κ1) is 88.9. The van der Waals surface area contributed by atoms with Crippen molar-refractivity contribution in [3.8, 4) is 0 Å². The van der Waals surface area contributed by atoms with Crippen LogP contribution in [-0.2, 0) is 62.3 Å². The van der Waals surface area contributed by atoms with Gasteiger partial charge < -0.3 is 75.4 Å². The molecular weight excluding hydrogens is 1320 g/mol. The number of rotatable bonds is 21. The molecule has 0 aromatic rings. The highest BCUT2D eigenvalue weighted by Crippen LogP contribution is 2.32. The molecule has 0 aromatic carbocycles. The third kappa shape index (κ3) is 26.8. The van der Waals surface area contributed by atoms with Crippen LogP contribution in [0, 0.1) is 35.5 Å². The molecule has 0 unspecified atom stereocenters. The summed E-state index contributed by atoms with van der Waals surface area (Å²) in [5, 5.41) is 33.7. The Morgan fingerprint density at radius 1 is 0.515 bits per heavy atom. The van der Waals surface area contributed by atoms with Gasteiger partial charge in [-0.25, -0.2) is 0 Å². The number of carbonyl (C=O) groups is 12. The van der Waals surface area contributed by atoms with Crippen LogP contribution in [0.25, 0.3) is 0 Å². The fourth-order valence-electron chi connectivity index (χ4n) is 14.9. The zero-order chi connectivity index (χ0) is 77.3. The van der Waals surface area contributed by atoms with Crippen molar-refractivity contribution in [2.45, 2.75) is 291 Å². The number of hydrogen-bond donors (Lipinski definition) is 6. The van der Waals surface area contributed by atoms with E-state index in [2.05, 4.69) is 21.3 Å². The zero-order valence-electron chi connectivity index (χ0n) is 66.0. The predicted octanol–water partition coefficient (Wildman–Crippen LogP) is 4.86. The van der Waals surface area contributed by atoms with Crippen molar-refractivity contribution in [3.05, 3.63) is 0 Å². The van der Waals surface area contributed by atoms with Crippen molar-refractivity contribution in [2.75, 3.05) is 87.7 Å². The van der Waals surface area contributed by atoms with E-state index in [-0.39, 0.29) is 69.1 Å². The zero-order valence-corrected chi connectivity index (χ0v) is 66.0. The quantitative estimate of drug-likeness (QED) is 0.0894. The second kappa shape index (κ2) is 42.6. The lowest BCUT2D eigenvalue weighted by molar-refractivity contribution is -0.152. The molecule has 11 atom stereocenters. The van der Waals surface area contributed by atoms with Gasteiger partial charge in [-0.15, -0.1) is 0 Å². The van der Waals surface area contributed by atoms with E-state index in [0.717, 1.165) is 75.5 Å². The lowest BCUT2D eigenvalue weighted by Gasteiger charge is -2.39. The van der Waals surface area contributed by atoms with Gasteiger partial charge in [0.25, 0.3) is 0 Å². The highest BCUT2D eigenvalue weighted by molar-refractivity contribution is 6.00. The maximum absolute atomic E-state index is 15.5. The number of piperidine rings is 1. The highest BCUT2D eigenvalue weighted by atomic mass is 16.5. The standard InChI is InChI=1S/C76H134N12O15/c1-19-35-87-44-62(91)81(14)59(41-53-31-25-22-26-32-53)69(95)79-64(51(10)21-3)74(100)84(17)58(40-49(6)7)68(94)80-65(52(11)89)75(101)88(36-20-2)45-63(92)82(15)60(42-54-33-27-23-28-34-54)73(99)83(16)57(39-48(4)5)67(93)78-56(46-103-47-76(12,13)102)71(97)85(18)66(50(8)9)70(96)77-55(43-61(87)90)72(98)86-37-29-24-30-38-86/h48-60,64-66,89,102H,19-47H2,1-18H3,(H,77,96)(H,78,93)(H,79,95)(H,80,94)/t51-,52+,55-,56-,57-,58-,59-,60-,64-,65-,66-/m0/s1. The average molecular weight is 1460 g/mol. The molecule has 12 amide bonds. The molecule has 0 spiro atoms. The number of carbonyl (C=O) groups excluding carboxylic acids is 12. The Morgan fingerprint density at radius 2 is 0.971 bits per heavy atom. The van der Waals surface area contributed by atoms with Crippen molar-refractivity contribution in [1.82, 2.24) is 60.5 Å². The Labute approximate surface area is 615 Å². The maximum atomic E-state index is 15.5. The summed E-state index contributed by atoms with van der Waals surface area (Å²) in [6.07, 6.45) is 10.6. The van der Waals surface area contributed by atoms with Crippen LogP contribution >= 0.6 is 0 Å². The lowest BCUT2D eigenvalue weighted by Crippen LogP contribution is -2.62. The molecule has 2 aliphatic carbocycles. The van der Waals surface area contributed by atoms with E-state index in [1.54, 1.807) is 32.6 Å². The third-order valence-electron chi connectivity index (χ3n) is 21.3. The smallest absolute Gasteiger partial charge is 0.248 e. The normalized spacial score (nSPS) is 26.6. The number of nitrogens with one attached hydrogen (secondary N) is 4. The van der Waals surface area contributed by atoms with Crippen LogP contribution in [0.15, 0.2) is 0 Å². The van der Waals surface area contributed by atoms with E-state index in [0.29, 0.717) is 45.2 Å². The van der Waals surface area contributed by atoms with Gasteiger partial charge in [0.15, 0.2) is 0 Å². The average Bonchev–Trinajstić information content (AvgIpc) is 0.823. The van der Waals surface area contributed by atoms with Gasteiger partial charge in [0.1, 0.15) is 54.4 Å². The fourth-order valence-corrected chi connectivity index (χ4v) is 14.9. The first-order valence-corrected chi connectivity index (χ1v) is 38.8. The van der Waals surface area contributed by atoms with Gasteiger partial charge in [-0.3, -0.25) is 57.5 Å². The first-order chi connectivity index (χ1) is 48.4. The summed E-state index contributed by atoms with van der Waals surface area (Å²) in [6.45, 7) is 21.3. The second-order valence-electron chi connectivity index (χ2n) is 32.1. The predicted molar refractivity (Wildman–Crippen MR) is 394 cm³/mol. The molecule has 6 N–H and O–H groups in total. The summed E-state index contributed by atoms with van der Waals surface area (Å²) in [7, 11) is 7.25. The number of amides is 12. The van der Waals surface area contributed by atoms with Crippen LogP contribution in [0.3, 0.4) is 0 Å². The van der Waals surface area contributed by atoms with Crippen molar-refractivity contribution >= 4 is 70.9 Å². The molecule has 0 aromatic heterocycles. The molecule has 4 aliphatic rings. The summed E-state index contributed by atoms with van der Waals surface area (Å²) >= 11 is 0. The van der Waals surface area contributed by atoms with Crippen LogP contribution in [0.4, 0.5) is 0 Å². The number of nitrogens with zero attached hydrogens (tertiary/aromatic N) is 8. The van der Waals surface area contributed by atoms with E-state index in [1.165, 1.54) is 85.4 Å². The van der Waals surface area contributed by atoms with Gasteiger partial charge in [-0.1, -0.05) is 140 Å². The third-order valence-corrected chi connectivity index (χ3v) is 21.3. The first-order valence-electron chi connectivity index (χ1n) is 38.8. The van der Waals surface area contributed by atoms with Crippen molar-refractivity contribution in [2.24, 2.45) is 35.5 Å². The summed E-state index contributed by atoms with van der Waals surface area (Å²) in [6, 6.07) is -12.1. The van der Waals surface area contributed by atoms with Crippen LogP contribution in [0.1, 0.15) is 225 Å². The minimum absolute atomic E-state index is 0.000182. The molecule has 4 fully saturated rings. The van der Waals surface area contributed by atoms with Crippen molar-refractivity contribution in [1.29, 1.82) is 0 Å². The summed E-state index contributed by atoms with van der Waals surface area (Å²) in [5.41, 5.74) is -1.39. The minimum Gasteiger partial charge on any atom is -0.391 e. The number of aliphatic hydroxyl groups is 2. The monoisotopic (exact) mass is 1460 g/mol. The van der Waals surface area contributed by atoms with Gasteiger partial charge in [0.05, 0.1) is 44.4 Å². The molecule has 27 heteroatoms. The molecule has 2 saturated heterocycles. The number of likely N-dealkylation sites (N-methyl/N-ethyl adjacent to an activating group) is 5. The molecule has 2 heterocycles. The van der Waals surface area contributed by atoms with Gasteiger partial charge in [-0.05, 0) is 114 Å². The van der Waals surface area contributed by atoms with Gasteiger partial charge in [-0.2, -0.15) is 0 Å². The van der Waals surface area contributed by atoms with Crippen LogP contribution < -0.4 is 21.3 Å². The van der Waals surface area contributed by atoms with Gasteiger partial charge in [0, 0.05) is 61.4 Å². The Balaban J connectivity index is 1.99. The molecule has 2 aliphatic heterocycles. The van der Waals surface area contributed by atoms with Crippen molar-refractivity contribution in [3.63, 3.8) is 0 Å². The Hall–Kier alpha value is -6.48. The summed E-state index contributed by atoms with van der Waals surface area (Å²) in [5.74, 6) is -9.79. The number of ether oxygens (including phenoxy) is 1. The number of aliphatic hydroxyl groups excluding tert-OH is 1. The van der Waals surface area contributed by atoms with E-state index in [1.807, 2.05) is 41.5 Å². The van der Waals surface area contributed by atoms with Gasteiger partial charge in [0.2, 0.25) is 70.9 Å². The molecule has 27 nitrogen and oxygen atoms in total. The van der Waals surface area contributed by atoms with Crippen LogP contribution in [-0.4, -0.2) is 274 Å². The van der Waals surface area contributed by atoms with Gasteiger partial charge >= 0.3 is 0 Å². The molecule has 103 heavy (non-hydrogen) atoms. The number of hydrogen-bond acceptors (Lipinski definition) is 15. The van der Waals surface area contributed by atoms with Crippen molar-refractivity contribution < 1.29 is 72.5 Å². The molecular formula is C76H134N12O15. The van der Waals surface area contributed by atoms with E-state index in [9.17, 15) is 24.6 Å². The summed E-state index contributed by atoms with van der Waals surface area (Å²) < 4.78 is 5.95. The molecule has 0 radical (unpaired) electrons. The SMILES string of the molecule is CCCN1CC(=O)N(C)[C@@H](CC2CCCCC2)C(=O)N[C@@H]([C@@H](C)CC)C(=O)N(C)[C@@H](CC(C)C)C(=O)N[C@@H]([C@@H](C)O)C(=O)N(CCC)CC(=O)N(C)[C@@H](CC2CCCCC2)C(=O)N(C)[C@@H](CC(C)C)C(=O)N[C@@H](COCC(C)(C)O)C(=O)N(C)[C@@H](C(C)C)C(=O)N[C@H](C(=O)N2CCCCC2)CC1=O. The highest BCUT2D eigenvalue weighted by Gasteiger charge is 2.45. The summed E-state index contributed by atoms with van der Waals surface area (Å²) in [4.78, 5) is 192. The Bertz CT molecular complexity index is 2800. The van der Waals surface area contributed by atoms with E-state index >= 15 is 43.2 Å². The largest absolute Gasteiger partial charge is 0.391 e. The van der Waals surface area contributed by atoms with E-state index < -0.39 is 175 Å². The molecule has 4 rings (SSSR count). The lowest BCUT2D eigenvalue weighted by atomic mass is 9.84. The maximum Gasteiger partial charge on any atom is 0.248 e. The molecule has 588 valence electrons. The minimum atomic E-state index is -1.63. The van der Waals surface area contributed by atoms with E-state index in [4.69, 9.17) is 4.74 Å².